The van der Waals surface area contributed by atoms with Crippen LogP contribution in [0, 0.1) is 35.3 Å². The van der Waals surface area contributed by atoms with E-state index in [0.29, 0.717) is 97.7 Å². The fourth-order valence-electron chi connectivity index (χ4n) is 9.93. The van der Waals surface area contributed by atoms with Gasteiger partial charge < -0.3 is 43.3 Å². The number of aromatic nitrogens is 4. The molecule has 12 rings (SSSR count). The van der Waals surface area contributed by atoms with Gasteiger partial charge in [-0.25, -0.2) is 38.3 Å². The van der Waals surface area contributed by atoms with Gasteiger partial charge in [-0.15, -0.1) is 22.7 Å². The van der Waals surface area contributed by atoms with E-state index in [1.807, 2.05) is 43.7 Å². The number of aliphatic hydroxyl groups excluding tert-OH is 1. The van der Waals surface area contributed by atoms with E-state index < -0.39 is 5.82 Å². The zero-order valence-corrected chi connectivity index (χ0v) is 40.7. The van der Waals surface area contributed by atoms with Crippen molar-refractivity contribution in [2.45, 2.75) is 82.9 Å². The van der Waals surface area contributed by atoms with E-state index in [2.05, 4.69) is 19.9 Å². The Morgan fingerprint density at radius 2 is 1.07 bits per heavy atom. The van der Waals surface area contributed by atoms with Crippen molar-refractivity contribution in [3.8, 4) is 34.0 Å². The summed E-state index contributed by atoms with van der Waals surface area (Å²) in [6, 6.07) is 10.0. The Bertz CT molecular complexity index is 2720. The molecule has 6 aromatic rings. The van der Waals surface area contributed by atoms with Gasteiger partial charge in [-0.2, -0.15) is 0 Å². The predicted molar refractivity (Wildman–Crippen MR) is 257 cm³/mol. The molecule has 19 heteroatoms. The van der Waals surface area contributed by atoms with Gasteiger partial charge in [0, 0.05) is 82.9 Å². The van der Waals surface area contributed by atoms with Gasteiger partial charge in [-0.3, -0.25) is 0 Å². The van der Waals surface area contributed by atoms with Gasteiger partial charge in [0.2, 0.25) is 11.8 Å². The molecule has 4 atom stereocenters. The van der Waals surface area contributed by atoms with Gasteiger partial charge in [0.15, 0.2) is 0 Å². The monoisotopic (exact) mass is 996 g/mol. The van der Waals surface area contributed by atoms with Crippen molar-refractivity contribution in [3.63, 3.8) is 0 Å². The molecular weight excluding hydrogens is 943 g/mol. The minimum atomic E-state index is -0.414. The van der Waals surface area contributed by atoms with Gasteiger partial charge >= 0.3 is 12.2 Å². The number of ether oxygens (including phenoxy) is 6. The summed E-state index contributed by atoms with van der Waals surface area (Å²) >= 11 is 2.86. The first-order valence-corrected chi connectivity index (χ1v) is 25.7. The fraction of sp³-hybridized carbons (Fsp3) is 0.490. The maximum absolute atomic E-state index is 14.8. The number of halogens is 2. The zero-order chi connectivity index (χ0) is 48.3. The molecule has 6 aliphatic rings. The molecule has 368 valence electrons. The summed E-state index contributed by atoms with van der Waals surface area (Å²) < 4.78 is 67.0. The van der Waals surface area contributed by atoms with Gasteiger partial charge in [-0.05, 0) is 69.2 Å². The van der Waals surface area contributed by atoms with Crippen molar-refractivity contribution < 1.29 is 51.9 Å². The number of amides is 2. The lowest BCUT2D eigenvalue weighted by Gasteiger charge is -2.46. The molecule has 70 heavy (non-hydrogen) atoms. The summed E-state index contributed by atoms with van der Waals surface area (Å²) in [5.41, 5.74) is 4.52. The predicted octanol–water partition coefficient (Wildman–Crippen LogP) is 9.08. The third-order valence-corrected chi connectivity index (χ3v) is 16.4. The van der Waals surface area contributed by atoms with E-state index in [1.165, 1.54) is 41.4 Å². The molecule has 2 aliphatic carbocycles. The highest BCUT2D eigenvalue weighted by atomic mass is 32.1. The Kier molecular flexibility index (Phi) is 12.6. The first kappa shape index (κ1) is 46.8. The van der Waals surface area contributed by atoms with Crippen LogP contribution in [0.15, 0.2) is 59.8 Å². The highest BCUT2D eigenvalue weighted by molar-refractivity contribution is 7.18. The molecular formula is C51H54F2N6O9S2. The lowest BCUT2D eigenvalue weighted by atomic mass is 9.84. The number of carbonyl (C=O) groups excluding carboxylic acids is 2. The number of hydrogen-bond acceptors (Lipinski definition) is 15. The average Bonchev–Trinajstić information content (AvgIpc) is 4.13. The molecule has 8 heterocycles. The van der Waals surface area contributed by atoms with E-state index in [0.717, 1.165) is 52.6 Å². The molecule has 0 spiro atoms. The van der Waals surface area contributed by atoms with Gasteiger partial charge in [0.05, 0.1) is 44.1 Å². The van der Waals surface area contributed by atoms with Crippen LogP contribution in [0.2, 0.25) is 0 Å². The number of hydrogen-bond donors (Lipinski definition) is 1. The van der Waals surface area contributed by atoms with Crippen molar-refractivity contribution in [1.29, 1.82) is 0 Å². The summed E-state index contributed by atoms with van der Waals surface area (Å²) in [4.78, 5) is 46.7. The Morgan fingerprint density at radius 3 is 1.46 bits per heavy atom. The molecule has 4 aromatic heterocycles. The Balaban J connectivity index is 0.000000152. The first-order valence-electron chi connectivity index (χ1n) is 24.0. The topological polar surface area (TPSA) is 168 Å². The molecule has 6 fully saturated rings. The molecule has 4 saturated heterocycles. The summed E-state index contributed by atoms with van der Waals surface area (Å²) in [7, 11) is 0. The fourth-order valence-corrected chi connectivity index (χ4v) is 11.8. The second-order valence-electron chi connectivity index (χ2n) is 19.9. The number of aliphatic hydroxyl groups is 1. The number of thiophene rings is 2. The van der Waals surface area contributed by atoms with Crippen LogP contribution in [0.25, 0.3) is 42.7 Å². The van der Waals surface area contributed by atoms with Gasteiger partial charge in [0.1, 0.15) is 57.1 Å². The van der Waals surface area contributed by atoms with Crippen LogP contribution in [-0.2, 0) is 32.0 Å². The quantitative estimate of drug-likeness (QED) is 0.138. The third-order valence-electron chi connectivity index (χ3n) is 14.5. The van der Waals surface area contributed by atoms with Crippen LogP contribution in [0.5, 0.6) is 11.8 Å². The van der Waals surface area contributed by atoms with Crippen LogP contribution in [0.1, 0.15) is 57.6 Å². The van der Waals surface area contributed by atoms with Gasteiger partial charge in [-0.1, -0.05) is 31.2 Å². The number of nitrogens with zero attached hydrogens (tertiary/aromatic N) is 6. The standard InChI is InChI=1S/C26H28FN3O4S.C25H26FN3O5S/c1-3-15-4-5-18(20(27)8-15)19-13-35-23-21(19)28-14-29-24(23)33-22-16-9-30(10-17(22)12-32-11-16)25(31)34-26(2)6-7-26;1-25(4-5-25)34-24(31)29-7-15-10-32-11-16(8-29)21(15)33-23-22-20(27-13-28-23)18(12-35-22)17-3-2-14(9-30)6-19(17)26/h4-5,8,13-14,16-17,22H,3,6-7,9-12H2,1-2H3;2-3,6,12-13,15-16,21,30H,4-5,7-11H2,1H3. The maximum atomic E-state index is 14.8. The van der Waals surface area contributed by atoms with Crippen molar-refractivity contribution in [3.05, 3.63) is 82.6 Å². The lowest BCUT2D eigenvalue weighted by Crippen LogP contribution is -2.59. The van der Waals surface area contributed by atoms with E-state index in [4.69, 9.17) is 28.4 Å². The smallest absolute Gasteiger partial charge is 0.410 e. The second kappa shape index (κ2) is 18.9. The van der Waals surface area contributed by atoms with Crippen LogP contribution < -0.4 is 9.47 Å². The summed E-state index contributed by atoms with van der Waals surface area (Å²) in [5, 5.41) is 13.0. The van der Waals surface area contributed by atoms with Crippen LogP contribution in [-0.4, -0.2) is 123 Å². The molecule has 15 nitrogen and oxygen atoms in total. The molecule has 2 amide bonds. The number of carbonyl (C=O) groups is 2. The van der Waals surface area contributed by atoms with Crippen LogP contribution in [0.3, 0.4) is 0 Å². The van der Waals surface area contributed by atoms with E-state index >= 15 is 0 Å². The second-order valence-corrected chi connectivity index (χ2v) is 21.6. The first-order chi connectivity index (χ1) is 33.9. The molecule has 4 bridgehead atoms. The normalized spacial score (nSPS) is 24.9. The Hall–Kier alpha value is -5.60. The number of rotatable bonds is 10. The summed E-state index contributed by atoms with van der Waals surface area (Å²) in [5.74, 6) is 0.322. The highest BCUT2D eigenvalue weighted by Gasteiger charge is 2.49. The van der Waals surface area contributed by atoms with Crippen molar-refractivity contribution >= 4 is 55.3 Å². The Labute approximate surface area is 411 Å². The number of aryl methyl sites for hydroxylation is 1. The van der Waals surface area contributed by atoms with Crippen molar-refractivity contribution in [2.24, 2.45) is 23.7 Å². The summed E-state index contributed by atoms with van der Waals surface area (Å²) in [6.45, 7) is 9.80. The SMILES string of the molecule is CC1(OC(=O)N2CC3COCC(C2)C3Oc2ncnc3c(-c4ccc(CO)cc4F)csc23)CC1.CCc1ccc(-c2csc3c(OC4C5COCC4CN(C(=O)OC4(C)CC4)C5)ncnc23)c(F)c1. The van der Waals surface area contributed by atoms with Crippen molar-refractivity contribution in [1.82, 2.24) is 29.7 Å². The third kappa shape index (κ3) is 9.38. The molecule has 4 aliphatic heterocycles. The average molecular weight is 997 g/mol. The summed E-state index contributed by atoms with van der Waals surface area (Å²) in [6.07, 6.45) is 6.56. The molecule has 1 N–H and O–H groups in total. The molecule has 2 saturated carbocycles. The lowest BCUT2D eigenvalue weighted by molar-refractivity contribution is -0.111. The number of benzene rings is 2. The molecule has 0 radical (unpaired) electrons. The molecule has 2 aromatic carbocycles. The minimum absolute atomic E-state index is 0.00465. The van der Waals surface area contributed by atoms with E-state index in [9.17, 15) is 23.5 Å². The van der Waals surface area contributed by atoms with Crippen LogP contribution >= 0.6 is 22.7 Å². The Morgan fingerprint density at radius 1 is 0.657 bits per heavy atom. The van der Waals surface area contributed by atoms with Crippen LogP contribution in [0.4, 0.5) is 18.4 Å². The minimum Gasteiger partial charge on any atom is -0.472 e. The van der Waals surface area contributed by atoms with Gasteiger partial charge in [0.25, 0.3) is 0 Å². The largest absolute Gasteiger partial charge is 0.472 e. The van der Waals surface area contributed by atoms with Crippen molar-refractivity contribution in [2.75, 3.05) is 52.6 Å². The van der Waals surface area contributed by atoms with E-state index in [-0.39, 0.29) is 71.7 Å². The number of fused-ring (bicyclic) bond motifs is 6. The highest BCUT2D eigenvalue weighted by Crippen LogP contribution is 2.44. The maximum Gasteiger partial charge on any atom is 0.410 e. The number of piperidine rings is 2. The molecule has 4 unspecified atom stereocenters. The van der Waals surface area contributed by atoms with E-state index in [1.54, 1.807) is 28.0 Å². The number of likely N-dealkylation sites (tertiary alicyclic amines) is 2. The zero-order valence-electron chi connectivity index (χ0n) is 39.1.